The molecule has 5 heteroatoms. The first-order chi connectivity index (χ1) is 8.09. The Morgan fingerprint density at radius 1 is 1.53 bits per heavy atom. The maximum absolute atomic E-state index is 5.68. The third-order valence-electron chi connectivity index (χ3n) is 2.84. The summed E-state index contributed by atoms with van der Waals surface area (Å²) in [5.74, 6) is 6.05. The molecule has 3 N–H and O–H groups in total. The van der Waals surface area contributed by atoms with Crippen LogP contribution in [0.15, 0.2) is 18.2 Å². The van der Waals surface area contributed by atoms with Crippen LogP contribution in [0.5, 0.6) is 0 Å². The maximum Gasteiger partial charge on any atom is 0.140 e. The van der Waals surface area contributed by atoms with E-state index in [0.29, 0.717) is 5.82 Å². The Morgan fingerprint density at radius 3 is 3.06 bits per heavy atom. The van der Waals surface area contributed by atoms with Gasteiger partial charge >= 0.3 is 0 Å². The third kappa shape index (κ3) is 3.39. The third-order valence-corrected chi connectivity index (χ3v) is 2.84. The second-order valence-electron chi connectivity index (χ2n) is 4.98. The van der Waals surface area contributed by atoms with Gasteiger partial charge in [-0.25, -0.2) is 10.8 Å². The smallest absolute Gasteiger partial charge is 0.140 e. The Hall–Kier alpha value is -1.17. The molecule has 0 spiro atoms. The number of nitrogens with one attached hydrogen (secondary N) is 1. The van der Waals surface area contributed by atoms with Crippen LogP contribution in [0.4, 0.5) is 5.82 Å². The zero-order valence-electron chi connectivity index (χ0n) is 10.4. The number of hydrogen-bond acceptors (Lipinski definition) is 5. The Balaban J connectivity index is 2.00. The number of hydrogen-bond donors (Lipinski definition) is 2. The van der Waals surface area contributed by atoms with Crippen LogP contribution in [-0.2, 0) is 11.3 Å². The lowest BCUT2D eigenvalue weighted by Crippen LogP contribution is -2.47. The zero-order valence-corrected chi connectivity index (χ0v) is 10.4. The van der Waals surface area contributed by atoms with Gasteiger partial charge in [0.25, 0.3) is 0 Å². The molecule has 0 bridgehead atoms. The van der Waals surface area contributed by atoms with Crippen LogP contribution in [0, 0.1) is 0 Å². The first-order valence-corrected chi connectivity index (χ1v) is 5.88. The molecule has 1 saturated heterocycles. The summed E-state index contributed by atoms with van der Waals surface area (Å²) in [7, 11) is 0. The highest BCUT2D eigenvalue weighted by atomic mass is 16.5. The molecule has 1 aromatic rings. The molecule has 0 aromatic carbocycles. The topological polar surface area (TPSA) is 63.4 Å². The van der Waals surface area contributed by atoms with Crippen molar-refractivity contribution >= 4 is 5.82 Å². The van der Waals surface area contributed by atoms with Crippen molar-refractivity contribution < 1.29 is 4.74 Å². The highest BCUT2D eigenvalue weighted by Crippen LogP contribution is 2.18. The van der Waals surface area contributed by atoms with Gasteiger partial charge in [-0.1, -0.05) is 6.07 Å². The number of rotatable bonds is 3. The van der Waals surface area contributed by atoms with Gasteiger partial charge in [0.2, 0.25) is 0 Å². The van der Waals surface area contributed by atoms with Crippen molar-refractivity contribution in [3.63, 3.8) is 0 Å². The quantitative estimate of drug-likeness (QED) is 0.605. The van der Waals surface area contributed by atoms with Crippen LogP contribution in [0.25, 0.3) is 0 Å². The summed E-state index contributed by atoms with van der Waals surface area (Å²) in [4.78, 5) is 6.77. The molecule has 1 fully saturated rings. The first-order valence-electron chi connectivity index (χ1n) is 5.88. The second kappa shape index (κ2) is 5.00. The fraction of sp³-hybridized carbons (Fsp3) is 0.583. The average molecular weight is 236 g/mol. The number of ether oxygens (including phenoxy) is 1. The number of nitrogens with zero attached hydrogens (tertiary/aromatic N) is 2. The minimum atomic E-state index is -0.0675. The van der Waals surface area contributed by atoms with E-state index in [1.807, 2.05) is 18.2 Å². The van der Waals surface area contributed by atoms with E-state index in [0.717, 1.165) is 31.9 Å². The van der Waals surface area contributed by atoms with Gasteiger partial charge in [0.05, 0.1) is 17.9 Å². The Kier molecular flexibility index (Phi) is 3.61. The van der Waals surface area contributed by atoms with E-state index in [2.05, 4.69) is 29.2 Å². The number of pyridine rings is 1. The van der Waals surface area contributed by atoms with Gasteiger partial charge in [-0.3, -0.25) is 4.90 Å². The SMILES string of the molecule is CC1(C)CN(Cc2cccc(NN)n2)CCO1. The van der Waals surface area contributed by atoms with E-state index in [1.165, 1.54) is 0 Å². The molecule has 1 aliphatic heterocycles. The van der Waals surface area contributed by atoms with Crippen LogP contribution in [0.3, 0.4) is 0 Å². The molecule has 2 heterocycles. The standard InChI is InChI=1S/C12H20N4O/c1-12(2)9-16(6-7-17-12)8-10-4-3-5-11(14-10)15-13/h3-5H,6-9,13H2,1-2H3,(H,14,15). The molecule has 1 aliphatic rings. The number of morpholine rings is 1. The van der Waals surface area contributed by atoms with Crippen molar-refractivity contribution in [1.82, 2.24) is 9.88 Å². The lowest BCUT2D eigenvalue weighted by Gasteiger charge is -2.37. The summed E-state index contributed by atoms with van der Waals surface area (Å²) in [6, 6.07) is 5.83. The van der Waals surface area contributed by atoms with E-state index in [9.17, 15) is 0 Å². The van der Waals surface area contributed by atoms with Crippen molar-refractivity contribution in [3.8, 4) is 0 Å². The van der Waals surface area contributed by atoms with Crippen molar-refractivity contribution in [3.05, 3.63) is 23.9 Å². The van der Waals surface area contributed by atoms with Gasteiger partial charge in [-0.2, -0.15) is 0 Å². The lowest BCUT2D eigenvalue weighted by atomic mass is 10.1. The van der Waals surface area contributed by atoms with E-state index in [4.69, 9.17) is 10.6 Å². The molecule has 1 aromatic heterocycles. The fourth-order valence-electron chi connectivity index (χ4n) is 2.13. The monoisotopic (exact) mass is 236 g/mol. The van der Waals surface area contributed by atoms with Gasteiger partial charge in [-0.15, -0.1) is 0 Å². The molecule has 94 valence electrons. The summed E-state index contributed by atoms with van der Waals surface area (Å²) in [6.07, 6.45) is 0. The van der Waals surface area contributed by atoms with E-state index in [1.54, 1.807) is 0 Å². The average Bonchev–Trinajstić information content (AvgIpc) is 2.28. The Bertz CT molecular complexity index is 381. The molecule has 5 nitrogen and oxygen atoms in total. The first kappa shape index (κ1) is 12.3. The largest absolute Gasteiger partial charge is 0.373 e. The second-order valence-corrected chi connectivity index (χ2v) is 4.98. The molecule has 0 atom stereocenters. The minimum Gasteiger partial charge on any atom is -0.373 e. The summed E-state index contributed by atoms with van der Waals surface area (Å²) < 4.78 is 5.68. The number of nitrogens with two attached hydrogens (primary N) is 1. The van der Waals surface area contributed by atoms with E-state index < -0.39 is 0 Å². The van der Waals surface area contributed by atoms with Crippen molar-refractivity contribution in [2.24, 2.45) is 5.84 Å². The summed E-state index contributed by atoms with van der Waals surface area (Å²) >= 11 is 0. The number of aromatic nitrogens is 1. The molecular weight excluding hydrogens is 216 g/mol. The number of nitrogen functional groups attached to an aromatic ring is 1. The predicted octanol–water partition coefficient (Wildman–Crippen LogP) is 0.978. The van der Waals surface area contributed by atoms with Crippen molar-refractivity contribution in [2.45, 2.75) is 26.0 Å². The van der Waals surface area contributed by atoms with Gasteiger partial charge in [0.1, 0.15) is 5.82 Å². The van der Waals surface area contributed by atoms with Gasteiger partial charge in [0, 0.05) is 19.6 Å². The maximum atomic E-state index is 5.68. The number of anilines is 1. The molecule has 0 saturated carbocycles. The summed E-state index contributed by atoms with van der Waals surface area (Å²) in [5, 5.41) is 0. The van der Waals surface area contributed by atoms with Crippen LogP contribution >= 0.6 is 0 Å². The molecule has 0 unspecified atom stereocenters. The van der Waals surface area contributed by atoms with Crippen molar-refractivity contribution in [1.29, 1.82) is 0 Å². The van der Waals surface area contributed by atoms with Gasteiger partial charge in [-0.05, 0) is 26.0 Å². The molecule has 17 heavy (non-hydrogen) atoms. The van der Waals surface area contributed by atoms with E-state index in [-0.39, 0.29) is 5.60 Å². The molecular formula is C12H20N4O. The normalized spacial score (nSPS) is 20.2. The number of hydrazine groups is 1. The highest BCUT2D eigenvalue weighted by Gasteiger charge is 2.27. The molecule has 0 radical (unpaired) electrons. The van der Waals surface area contributed by atoms with Crippen LogP contribution in [-0.4, -0.2) is 35.2 Å². The van der Waals surface area contributed by atoms with Crippen LogP contribution in [0.1, 0.15) is 19.5 Å². The van der Waals surface area contributed by atoms with Crippen LogP contribution < -0.4 is 11.3 Å². The summed E-state index contributed by atoms with van der Waals surface area (Å²) in [6.45, 7) is 7.72. The minimum absolute atomic E-state index is 0.0675. The van der Waals surface area contributed by atoms with E-state index >= 15 is 0 Å². The van der Waals surface area contributed by atoms with Crippen LogP contribution in [0.2, 0.25) is 0 Å². The lowest BCUT2D eigenvalue weighted by molar-refractivity contribution is -0.0885. The molecule has 0 aliphatic carbocycles. The fourth-order valence-corrected chi connectivity index (χ4v) is 2.13. The van der Waals surface area contributed by atoms with Crippen molar-refractivity contribution in [2.75, 3.05) is 25.1 Å². The molecule has 2 rings (SSSR count). The van der Waals surface area contributed by atoms with Gasteiger partial charge in [0.15, 0.2) is 0 Å². The Labute approximate surface area is 102 Å². The molecule has 0 amide bonds. The van der Waals surface area contributed by atoms with Gasteiger partial charge < -0.3 is 10.2 Å². The zero-order chi connectivity index (χ0) is 12.3. The predicted molar refractivity (Wildman–Crippen MR) is 67.4 cm³/mol. The Morgan fingerprint density at radius 2 is 2.35 bits per heavy atom. The summed E-state index contributed by atoms with van der Waals surface area (Å²) in [5.41, 5.74) is 3.53. The highest BCUT2D eigenvalue weighted by molar-refractivity contribution is 5.33.